The Bertz CT molecular complexity index is 432. The van der Waals surface area contributed by atoms with Gasteiger partial charge in [0, 0.05) is 13.3 Å². The number of ether oxygens (including phenoxy) is 1. The van der Waals surface area contributed by atoms with Crippen molar-refractivity contribution in [2.24, 2.45) is 0 Å². The average molecular weight is 334 g/mol. The topological polar surface area (TPSA) is 165 Å². The molecule has 6 atom stereocenters. The number of hydrogen-bond acceptors (Lipinski definition) is 8. The van der Waals surface area contributed by atoms with E-state index < -0.39 is 55.0 Å². The van der Waals surface area contributed by atoms with Crippen LogP contribution in [0.4, 0.5) is 0 Å². The van der Waals surface area contributed by atoms with Gasteiger partial charge in [-0.25, -0.2) is 0 Å². The summed E-state index contributed by atoms with van der Waals surface area (Å²) in [7, 11) is 0. The van der Waals surface area contributed by atoms with Crippen LogP contribution in [0.5, 0.6) is 0 Å². The Labute approximate surface area is 132 Å². The molecule has 1 saturated heterocycles. The van der Waals surface area contributed by atoms with Gasteiger partial charge in [0.1, 0.15) is 30.7 Å². The third-order valence-corrected chi connectivity index (χ3v) is 3.47. The first kappa shape index (κ1) is 19.5. The normalized spacial score (nSPS) is 30.1. The molecule has 0 aromatic rings. The lowest BCUT2D eigenvalue weighted by Gasteiger charge is -2.41. The number of aldehydes is 1. The van der Waals surface area contributed by atoms with Crippen LogP contribution in [0.15, 0.2) is 0 Å². The van der Waals surface area contributed by atoms with Gasteiger partial charge in [-0.15, -0.1) is 0 Å². The Morgan fingerprint density at radius 2 is 2.04 bits per heavy atom. The fourth-order valence-corrected chi connectivity index (χ4v) is 2.27. The Balaban J connectivity index is 2.83. The fraction of sp³-hybridized carbons (Fsp3) is 0.769. The number of nitrogens with one attached hydrogen (secondary N) is 2. The summed E-state index contributed by atoms with van der Waals surface area (Å²) in [5.74, 6) is -1.07. The van der Waals surface area contributed by atoms with E-state index in [4.69, 9.17) is 9.84 Å². The van der Waals surface area contributed by atoms with Crippen LogP contribution in [0.25, 0.3) is 0 Å². The molecule has 0 bridgehead atoms. The molecule has 6 N–H and O–H groups in total. The summed E-state index contributed by atoms with van der Waals surface area (Å²) in [6, 6.07) is -1.12. The monoisotopic (exact) mass is 334 g/mol. The first-order valence-corrected chi connectivity index (χ1v) is 7.09. The smallest absolute Gasteiger partial charge is 0.239 e. The van der Waals surface area contributed by atoms with Crippen LogP contribution in [0.1, 0.15) is 13.3 Å². The summed E-state index contributed by atoms with van der Waals surface area (Å²) in [5, 5.41) is 43.2. The first-order valence-electron chi connectivity index (χ1n) is 7.09. The Morgan fingerprint density at radius 3 is 2.57 bits per heavy atom. The van der Waals surface area contributed by atoms with E-state index in [0.29, 0.717) is 6.29 Å². The molecule has 0 aliphatic carbocycles. The lowest BCUT2D eigenvalue weighted by atomic mass is 9.90. The van der Waals surface area contributed by atoms with Crippen molar-refractivity contribution in [1.29, 1.82) is 0 Å². The number of amides is 2. The van der Waals surface area contributed by atoms with Gasteiger partial charge in [0.2, 0.25) is 11.8 Å². The second kappa shape index (κ2) is 8.89. The third kappa shape index (κ3) is 5.52. The Morgan fingerprint density at radius 1 is 1.39 bits per heavy atom. The summed E-state index contributed by atoms with van der Waals surface area (Å²) in [6.45, 7) is 0.112. The fourth-order valence-electron chi connectivity index (χ4n) is 2.27. The minimum Gasteiger partial charge on any atom is -0.394 e. The highest BCUT2D eigenvalue weighted by Gasteiger charge is 2.44. The molecular formula is C13H22N2O8. The van der Waals surface area contributed by atoms with E-state index in [1.54, 1.807) is 0 Å². The Hall–Kier alpha value is -1.59. The van der Waals surface area contributed by atoms with Gasteiger partial charge in [0.25, 0.3) is 0 Å². The number of carbonyl (C=O) groups is 3. The van der Waals surface area contributed by atoms with Crippen LogP contribution in [-0.2, 0) is 19.1 Å². The van der Waals surface area contributed by atoms with Crippen molar-refractivity contribution < 1.29 is 39.5 Å². The van der Waals surface area contributed by atoms with E-state index >= 15 is 0 Å². The maximum absolute atomic E-state index is 11.8. The highest BCUT2D eigenvalue weighted by atomic mass is 16.5. The van der Waals surface area contributed by atoms with Gasteiger partial charge in [-0.05, 0) is 0 Å². The third-order valence-electron chi connectivity index (χ3n) is 3.47. The lowest BCUT2D eigenvalue weighted by Crippen LogP contribution is -2.63. The van der Waals surface area contributed by atoms with Gasteiger partial charge in [-0.1, -0.05) is 0 Å². The molecule has 0 saturated carbocycles. The molecule has 0 radical (unpaired) electrons. The lowest BCUT2D eigenvalue weighted by molar-refractivity contribution is -0.180. The van der Waals surface area contributed by atoms with E-state index in [-0.39, 0.29) is 13.0 Å². The zero-order valence-corrected chi connectivity index (χ0v) is 12.6. The molecule has 1 heterocycles. The molecule has 2 unspecified atom stereocenters. The summed E-state index contributed by atoms with van der Waals surface area (Å²) in [5.41, 5.74) is 0. The van der Waals surface area contributed by atoms with E-state index in [1.807, 2.05) is 0 Å². The SMILES string of the molecule is CC(=O)NCC(=O)N[C@@H]1C(O)C[C@@H](C=O)OC1[C@H](O)[C@H](O)CO. The van der Waals surface area contributed by atoms with Gasteiger partial charge in [-0.2, -0.15) is 0 Å². The summed E-state index contributed by atoms with van der Waals surface area (Å²) < 4.78 is 5.28. The largest absolute Gasteiger partial charge is 0.394 e. The summed E-state index contributed by atoms with van der Waals surface area (Å²) in [4.78, 5) is 33.4. The minimum absolute atomic E-state index is 0.104. The predicted molar refractivity (Wildman–Crippen MR) is 75.1 cm³/mol. The number of rotatable bonds is 7. The second-order valence-electron chi connectivity index (χ2n) is 5.32. The molecule has 132 valence electrons. The molecule has 0 aromatic heterocycles. The maximum atomic E-state index is 11.8. The van der Waals surface area contributed by atoms with Gasteiger partial charge in [-0.3, -0.25) is 9.59 Å². The van der Waals surface area contributed by atoms with Crippen molar-refractivity contribution >= 4 is 18.1 Å². The van der Waals surface area contributed by atoms with Gasteiger partial charge in [0.05, 0.1) is 25.3 Å². The van der Waals surface area contributed by atoms with Crippen LogP contribution in [-0.4, -0.2) is 88.2 Å². The quantitative estimate of drug-likeness (QED) is 0.257. The highest BCUT2D eigenvalue weighted by molar-refractivity contribution is 5.83. The van der Waals surface area contributed by atoms with E-state index in [9.17, 15) is 29.7 Å². The molecule has 10 heteroatoms. The van der Waals surface area contributed by atoms with E-state index in [1.165, 1.54) is 6.92 Å². The van der Waals surface area contributed by atoms with Gasteiger partial charge < -0.3 is 40.6 Å². The molecule has 1 fully saturated rings. The minimum atomic E-state index is -1.64. The van der Waals surface area contributed by atoms with E-state index in [2.05, 4.69) is 10.6 Å². The van der Waals surface area contributed by atoms with Crippen molar-refractivity contribution in [3.05, 3.63) is 0 Å². The zero-order chi connectivity index (χ0) is 17.6. The van der Waals surface area contributed by atoms with Crippen LogP contribution in [0.2, 0.25) is 0 Å². The van der Waals surface area contributed by atoms with Crippen LogP contribution in [0.3, 0.4) is 0 Å². The predicted octanol–water partition coefficient (Wildman–Crippen LogP) is -3.96. The molecule has 10 nitrogen and oxygen atoms in total. The molecule has 2 amide bonds. The number of aliphatic hydroxyl groups is 4. The first-order chi connectivity index (χ1) is 10.8. The van der Waals surface area contributed by atoms with Crippen LogP contribution in [0, 0.1) is 0 Å². The number of hydrogen-bond donors (Lipinski definition) is 6. The van der Waals surface area contributed by atoms with Crippen molar-refractivity contribution in [3.8, 4) is 0 Å². The molecule has 1 aliphatic heterocycles. The number of carbonyl (C=O) groups excluding carboxylic acids is 3. The molecule has 23 heavy (non-hydrogen) atoms. The molecule has 0 aromatic carbocycles. The van der Waals surface area contributed by atoms with Crippen molar-refractivity contribution in [3.63, 3.8) is 0 Å². The summed E-state index contributed by atoms with van der Waals surface area (Å²) in [6.07, 6.45) is -6.42. The van der Waals surface area contributed by atoms with Crippen molar-refractivity contribution in [2.45, 2.75) is 49.9 Å². The van der Waals surface area contributed by atoms with Crippen LogP contribution < -0.4 is 10.6 Å². The Kier molecular flexibility index (Phi) is 7.52. The maximum Gasteiger partial charge on any atom is 0.239 e. The van der Waals surface area contributed by atoms with E-state index in [0.717, 1.165) is 0 Å². The molecule has 1 aliphatic rings. The highest BCUT2D eigenvalue weighted by Crippen LogP contribution is 2.23. The van der Waals surface area contributed by atoms with Crippen molar-refractivity contribution in [1.82, 2.24) is 10.6 Å². The second-order valence-corrected chi connectivity index (χ2v) is 5.32. The number of aliphatic hydroxyl groups excluding tert-OH is 4. The summed E-state index contributed by atoms with van der Waals surface area (Å²) >= 11 is 0. The van der Waals surface area contributed by atoms with Crippen LogP contribution >= 0.6 is 0 Å². The molecular weight excluding hydrogens is 312 g/mol. The van der Waals surface area contributed by atoms with Gasteiger partial charge >= 0.3 is 0 Å². The molecule has 0 spiro atoms. The van der Waals surface area contributed by atoms with Crippen molar-refractivity contribution in [2.75, 3.05) is 13.2 Å². The zero-order valence-electron chi connectivity index (χ0n) is 12.6. The standard InChI is InChI=1S/C13H22N2O8/c1-6(18)14-3-10(21)15-11-8(19)2-7(4-16)23-13(11)12(22)9(20)5-17/h4,7-9,11-13,17,19-20,22H,2-3,5H2,1H3,(H,14,18)(H,15,21)/t7-,8?,9+,11+,12+,13?/m0/s1. The molecule has 1 rings (SSSR count). The average Bonchev–Trinajstić information content (AvgIpc) is 2.52. The van der Waals surface area contributed by atoms with Gasteiger partial charge in [0.15, 0.2) is 0 Å².